The summed E-state index contributed by atoms with van der Waals surface area (Å²) in [5.41, 5.74) is -3.72. The van der Waals surface area contributed by atoms with E-state index in [1.54, 1.807) is 0 Å². The van der Waals surface area contributed by atoms with Crippen LogP contribution in [0.5, 0.6) is 17.2 Å². The minimum atomic E-state index is -2.19. The molecule has 34 heavy (non-hydrogen) atoms. The Morgan fingerprint density at radius 1 is 1.15 bits per heavy atom. The Balaban J connectivity index is 1.81. The monoisotopic (exact) mass is 470 g/mol. The number of hydrogen-bond donors (Lipinski definition) is 6. The fourth-order valence-electron chi connectivity index (χ4n) is 4.59. The molecule has 0 fully saturated rings. The van der Waals surface area contributed by atoms with E-state index in [1.165, 1.54) is 25.3 Å². The number of aliphatic hydroxyl groups is 2. The van der Waals surface area contributed by atoms with Gasteiger partial charge in [-0.3, -0.25) is 19.2 Å². The minimum absolute atomic E-state index is 0.00411. The van der Waals surface area contributed by atoms with Gasteiger partial charge in [0, 0.05) is 42.6 Å². The summed E-state index contributed by atoms with van der Waals surface area (Å²) in [6.45, 7) is 0.0966. The van der Waals surface area contributed by atoms with Crippen LogP contribution in [0.4, 0.5) is 0 Å². The molecular formula is C23H22N2O9. The zero-order valence-electron chi connectivity index (χ0n) is 18.0. The molecule has 178 valence electrons. The van der Waals surface area contributed by atoms with Gasteiger partial charge in [0.15, 0.2) is 5.78 Å². The zero-order chi connectivity index (χ0) is 24.8. The average molecular weight is 470 g/mol. The second-order valence-electron chi connectivity index (χ2n) is 8.14. The molecule has 0 saturated heterocycles. The van der Waals surface area contributed by atoms with E-state index in [0.29, 0.717) is 6.41 Å². The minimum Gasteiger partial charge on any atom is -0.507 e. The highest BCUT2D eigenvalue weighted by Gasteiger charge is 2.48. The van der Waals surface area contributed by atoms with Gasteiger partial charge in [-0.1, -0.05) is 12.1 Å². The van der Waals surface area contributed by atoms with E-state index in [-0.39, 0.29) is 41.1 Å². The highest BCUT2D eigenvalue weighted by molar-refractivity contribution is 6.31. The van der Waals surface area contributed by atoms with E-state index < -0.39 is 64.6 Å². The third-order valence-electron chi connectivity index (χ3n) is 6.16. The number of ether oxygens (including phenoxy) is 1. The second kappa shape index (κ2) is 8.43. The number of benzene rings is 2. The summed E-state index contributed by atoms with van der Waals surface area (Å²) in [5.74, 6) is -3.71. The lowest BCUT2D eigenvalue weighted by molar-refractivity contribution is -0.144. The Bertz CT molecular complexity index is 1240. The first kappa shape index (κ1) is 23.2. The number of carbonyl (C=O) groups excluding carboxylic acids is 4. The predicted molar refractivity (Wildman–Crippen MR) is 115 cm³/mol. The Morgan fingerprint density at radius 3 is 2.53 bits per heavy atom. The summed E-state index contributed by atoms with van der Waals surface area (Å²) in [5, 5.41) is 48.4. The molecule has 2 amide bonds. The molecule has 0 aliphatic heterocycles. The Labute approximate surface area is 193 Å². The molecule has 6 N–H and O–H groups in total. The Kier molecular flexibility index (Phi) is 5.75. The van der Waals surface area contributed by atoms with Gasteiger partial charge in [0.25, 0.3) is 5.91 Å². The summed E-state index contributed by atoms with van der Waals surface area (Å²) in [6.07, 6.45) is -2.27. The van der Waals surface area contributed by atoms with Crippen molar-refractivity contribution in [2.24, 2.45) is 0 Å². The van der Waals surface area contributed by atoms with Gasteiger partial charge in [0.2, 0.25) is 12.2 Å². The number of ketones is 2. The summed E-state index contributed by atoms with van der Waals surface area (Å²) < 4.78 is 5.18. The summed E-state index contributed by atoms with van der Waals surface area (Å²) in [4.78, 5) is 49.5. The molecule has 0 saturated carbocycles. The number of phenolic OH excluding ortho intramolecular Hbond substituents is 2. The van der Waals surface area contributed by atoms with Crippen LogP contribution in [-0.2, 0) is 16.0 Å². The molecule has 1 unspecified atom stereocenters. The van der Waals surface area contributed by atoms with E-state index in [4.69, 9.17) is 4.74 Å². The average Bonchev–Trinajstić information content (AvgIpc) is 2.81. The lowest BCUT2D eigenvalue weighted by Crippen LogP contribution is -2.52. The molecule has 2 aromatic carbocycles. The molecular weight excluding hydrogens is 448 g/mol. The van der Waals surface area contributed by atoms with E-state index in [2.05, 4.69) is 10.6 Å². The number of rotatable bonds is 6. The van der Waals surface area contributed by atoms with Crippen LogP contribution in [-0.4, -0.2) is 70.1 Å². The fraction of sp³-hybridized carbons (Fsp3) is 0.304. The van der Waals surface area contributed by atoms with Gasteiger partial charge >= 0.3 is 0 Å². The molecule has 0 aromatic heterocycles. The topological polar surface area (TPSA) is 182 Å². The number of amides is 2. The predicted octanol–water partition coefficient (Wildman–Crippen LogP) is -0.545. The van der Waals surface area contributed by atoms with Gasteiger partial charge in [-0.05, 0) is 6.07 Å². The van der Waals surface area contributed by atoms with E-state index >= 15 is 0 Å². The van der Waals surface area contributed by atoms with Crippen molar-refractivity contribution >= 4 is 23.9 Å². The van der Waals surface area contributed by atoms with Gasteiger partial charge in [-0.15, -0.1) is 0 Å². The first-order chi connectivity index (χ1) is 16.2. The second-order valence-corrected chi connectivity index (χ2v) is 8.14. The maximum absolute atomic E-state index is 13.3. The van der Waals surface area contributed by atoms with Crippen molar-refractivity contribution in [2.75, 3.05) is 20.2 Å². The van der Waals surface area contributed by atoms with E-state index in [9.17, 15) is 39.6 Å². The van der Waals surface area contributed by atoms with Crippen molar-refractivity contribution in [2.45, 2.75) is 24.5 Å². The molecule has 11 nitrogen and oxygen atoms in total. The van der Waals surface area contributed by atoms with E-state index in [1.807, 2.05) is 0 Å². The number of aromatic hydroxyl groups is 2. The fourth-order valence-corrected chi connectivity index (χ4v) is 4.59. The van der Waals surface area contributed by atoms with Gasteiger partial charge < -0.3 is 35.8 Å². The number of fused-ring (bicyclic) bond motifs is 3. The molecule has 0 spiro atoms. The van der Waals surface area contributed by atoms with Gasteiger partial charge in [-0.2, -0.15) is 0 Å². The number of aliphatic hydroxyl groups excluding tert-OH is 1. The Hall–Kier alpha value is -3.96. The lowest BCUT2D eigenvalue weighted by atomic mass is 9.72. The molecule has 0 heterocycles. The third-order valence-corrected chi connectivity index (χ3v) is 6.16. The summed E-state index contributed by atoms with van der Waals surface area (Å²) >= 11 is 0. The number of nitrogens with one attached hydrogen (secondary N) is 2. The van der Waals surface area contributed by atoms with Crippen LogP contribution >= 0.6 is 0 Å². The smallest absolute Gasteiger partial charge is 0.252 e. The summed E-state index contributed by atoms with van der Waals surface area (Å²) in [6, 6.07) is 4.35. The molecule has 2 aliphatic carbocycles. The molecule has 11 heteroatoms. The first-order valence-electron chi connectivity index (χ1n) is 10.4. The lowest BCUT2D eigenvalue weighted by Gasteiger charge is -2.37. The van der Waals surface area contributed by atoms with Crippen molar-refractivity contribution in [3.63, 3.8) is 0 Å². The summed E-state index contributed by atoms with van der Waals surface area (Å²) in [7, 11) is 1.32. The quantitative estimate of drug-likeness (QED) is 0.156. The molecule has 2 aromatic rings. The normalized spacial score (nSPS) is 20.6. The van der Waals surface area contributed by atoms with Crippen LogP contribution in [0.15, 0.2) is 18.2 Å². The van der Waals surface area contributed by atoms with E-state index in [0.717, 1.165) is 0 Å². The van der Waals surface area contributed by atoms with Crippen LogP contribution < -0.4 is 15.4 Å². The van der Waals surface area contributed by atoms with Crippen molar-refractivity contribution in [3.05, 3.63) is 51.6 Å². The van der Waals surface area contributed by atoms with Crippen LogP contribution in [0.25, 0.3) is 0 Å². The molecule has 0 radical (unpaired) electrons. The van der Waals surface area contributed by atoms with Crippen molar-refractivity contribution in [3.8, 4) is 17.2 Å². The van der Waals surface area contributed by atoms with Crippen LogP contribution in [0, 0.1) is 0 Å². The molecule has 2 atom stereocenters. The standard InChI is InChI=1S/C23H22N2O9/c1-34-13-4-2-3-10-15(13)21(31)17-16(18(10)28)19(29)11-7-23(33,8-12(27)14(11)20(17)30)22(32)25-6-5-24-9-26/h2-4,9,12,27,29-30,33H,5-8H2,1H3,(H,24,26)(H,25,32)/t12?,23-/m0/s1. The third kappa shape index (κ3) is 3.37. The first-order valence-corrected chi connectivity index (χ1v) is 10.4. The van der Waals surface area contributed by atoms with Crippen LogP contribution in [0.2, 0.25) is 0 Å². The highest BCUT2D eigenvalue weighted by Crippen LogP contribution is 2.50. The maximum Gasteiger partial charge on any atom is 0.252 e. The number of methoxy groups -OCH3 is 1. The Morgan fingerprint density at radius 2 is 1.85 bits per heavy atom. The highest BCUT2D eigenvalue weighted by atomic mass is 16.5. The zero-order valence-corrected chi connectivity index (χ0v) is 18.0. The van der Waals surface area contributed by atoms with Crippen molar-refractivity contribution in [1.82, 2.24) is 10.6 Å². The van der Waals surface area contributed by atoms with Crippen molar-refractivity contribution in [1.29, 1.82) is 0 Å². The maximum atomic E-state index is 13.3. The van der Waals surface area contributed by atoms with Crippen LogP contribution in [0.3, 0.4) is 0 Å². The SMILES string of the molecule is COc1cccc2c1C(=O)c1c(O)c3c(c(O)c1C2=O)C[C@@](O)(C(=O)NCCNC=O)CC3O. The van der Waals surface area contributed by atoms with Crippen LogP contribution in [0.1, 0.15) is 55.5 Å². The number of carbonyl (C=O) groups is 4. The molecule has 4 rings (SSSR count). The largest absolute Gasteiger partial charge is 0.507 e. The number of hydrogen-bond acceptors (Lipinski definition) is 9. The molecule has 2 aliphatic rings. The van der Waals surface area contributed by atoms with Gasteiger partial charge in [-0.25, -0.2) is 0 Å². The molecule has 0 bridgehead atoms. The van der Waals surface area contributed by atoms with Gasteiger partial charge in [0.1, 0.15) is 22.8 Å². The number of phenols is 2. The van der Waals surface area contributed by atoms with Crippen molar-refractivity contribution < 1.29 is 44.3 Å². The van der Waals surface area contributed by atoms with Gasteiger partial charge in [0.05, 0.1) is 29.9 Å².